The highest BCUT2D eigenvalue weighted by Gasteiger charge is 2.18. The molecule has 1 aromatic heterocycles. The van der Waals surface area contributed by atoms with Crippen LogP contribution in [0.15, 0.2) is 36.7 Å². The van der Waals surface area contributed by atoms with Crippen molar-refractivity contribution in [1.82, 2.24) is 4.98 Å². The first kappa shape index (κ1) is 11.5. The number of aromatic nitrogens is 1. The van der Waals surface area contributed by atoms with E-state index in [4.69, 9.17) is 4.74 Å². The summed E-state index contributed by atoms with van der Waals surface area (Å²) in [6.45, 7) is 1.96. The van der Waals surface area contributed by atoms with Crippen molar-refractivity contribution in [2.75, 3.05) is 6.61 Å². The number of benzene rings is 1. The number of fused-ring (bicyclic) bond motifs is 1. The van der Waals surface area contributed by atoms with Gasteiger partial charge in [0.15, 0.2) is 6.10 Å². The van der Waals surface area contributed by atoms with Crippen molar-refractivity contribution in [3.05, 3.63) is 42.2 Å². The Labute approximate surface area is 98.9 Å². The third-order valence-electron chi connectivity index (χ3n) is 2.49. The van der Waals surface area contributed by atoms with Crippen molar-refractivity contribution in [1.29, 1.82) is 0 Å². The summed E-state index contributed by atoms with van der Waals surface area (Å²) < 4.78 is 4.77. The van der Waals surface area contributed by atoms with E-state index in [2.05, 4.69) is 4.98 Å². The molecule has 0 amide bonds. The Morgan fingerprint density at radius 1 is 1.41 bits per heavy atom. The van der Waals surface area contributed by atoms with Gasteiger partial charge < -0.3 is 9.84 Å². The molecule has 0 aliphatic heterocycles. The number of ether oxygens (including phenoxy) is 1. The lowest BCUT2D eigenvalue weighted by atomic mass is 10.1. The second kappa shape index (κ2) is 4.93. The predicted octanol–water partition coefficient (Wildman–Crippen LogP) is 1.83. The van der Waals surface area contributed by atoms with Crippen LogP contribution >= 0.6 is 0 Å². The number of carbonyl (C=O) groups is 1. The molecule has 0 aliphatic rings. The molecule has 0 saturated heterocycles. The van der Waals surface area contributed by atoms with Crippen LogP contribution in [0, 0.1) is 0 Å². The first-order chi connectivity index (χ1) is 8.22. The van der Waals surface area contributed by atoms with E-state index in [1.807, 2.05) is 12.1 Å². The highest BCUT2D eigenvalue weighted by atomic mass is 16.5. The van der Waals surface area contributed by atoms with Gasteiger partial charge in [-0.25, -0.2) is 4.79 Å². The van der Waals surface area contributed by atoms with Gasteiger partial charge in [-0.1, -0.05) is 12.1 Å². The van der Waals surface area contributed by atoms with E-state index < -0.39 is 12.1 Å². The van der Waals surface area contributed by atoms with Gasteiger partial charge in [0.25, 0.3) is 0 Å². The monoisotopic (exact) mass is 231 g/mol. The Morgan fingerprint density at radius 3 is 3.00 bits per heavy atom. The third-order valence-corrected chi connectivity index (χ3v) is 2.49. The molecule has 0 bridgehead atoms. The summed E-state index contributed by atoms with van der Waals surface area (Å²) in [4.78, 5) is 15.4. The number of hydrogen-bond acceptors (Lipinski definition) is 4. The fourth-order valence-corrected chi connectivity index (χ4v) is 1.63. The average Bonchev–Trinajstić information content (AvgIpc) is 2.37. The summed E-state index contributed by atoms with van der Waals surface area (Å²) in [5.74, 6) is -0.629. The number of aliphatic hydroxyl groups excluding tert-OH is 1. The molecule has 4 nitrogen and oxygen atoms in total. The largest absolute Gasteiger partial charge is 0.464 e. The summed E-state index contributed by atoms with van der Waals surface area (Å²) in [7, 11) is 0. The Hall–Kier alpha value is -1.94. The maximum absolute atomic E-state index is 11.4. The van der Waals surface area contributed by atoms with Crippen molar-refractivity contribution in [3.63, 3.8) is 0 Å². The molecular weight excluding hydrogens is 218 g/mol. The van der Waals surface area contributed by atoms with Crippen LogP contribution in [0.2, 0.25) is 0 Å². The smallest absolute Gasteiger partial charge is 0.339 e. The van der Waals surface area contributed by atoms with Gasteiger partial charge in [0.05, 0.1) is 6.61 Å². The molecule has 1 heterocycles. The van der Waals surface area contributed by atoms with Gasteiger partial charge in [0.2, 0.25) is 0 Å². The zero-order chi connectivity index (χ0) is 12.3. The SMILES string of the molecule is CCOC(=O)C(O)c1ccc2ccncc2c1. The van der Waals surface area contributed by atoms with Crippen LogP contribution in [0.25, 0.3) is 10.8 Å². The average molecular weight is 231 g/mol. The fraction of sp³-hybridized carbons (Fsp3) is 0.231. The van der Waals surface area contributed by atoms with Crippen LogP contribution in [0.1, 0.15) is 18.6 Å². The standard InChI is InChI=1S/C13H13NO3/c1-2-17-13(16)12(15)10-4-3-9-5-6-14-8-11(9)7-10/h3-8,12,15H,2H2,1H3. The minimum Gasteiger partial charge on any atom is -0.464 e. The second-order valence-electron chi connectivity index (χ2n) is 3.64. The van der Waals surface area contributed by atoms with Crippen LogP contribution in [0.5, 0.6) is 0 Å². The molecule has 0 spiro atoms. The molecular formula is C13H13NO3. The van der Waals surface area contributed by atoms with E-state index in [0.717, 1.165) is 10.8 Å². The van der Waals surface area contributed by atoms with Gasteiger partial charge in [-0.15, -0.1) is 0 Å². The maximum Gasteiger partial charge on any atom is 0.339 e. The highest BCUT2D eigenvalue weighted by molar-refractivity contribution is 5.84. The Morgan fingerprint density at radius 2 is 2.24 bits per heavy atom. The molecule has 2 aromatic rings. The first-order valence-electron chi connectivity index (χ1n) is 5.40. The van der Waals surface area contributed by atoms with Crippen molar-refractivity contribution in [2.24, 2.45) is 0 Å². The summed E-state index contributed by atoms with van der Waals surface area (Å²) in [5.41, 5.74) is 0.518. The molecule has 2 rings (SSSR count). The van der Waals surface area contributed by atoms with Crippen molar-refractivity contribution in [2.45, 2.75) is 13.0 Å². The van der Waals surface area contributed by atoms with Gasteiger partial charge in [-0.3, -0.25) is 4.98 Å². The van der Waals surface area contributed by atoms with E-state index >= 15 is 0 Å². The van der Waals surface area contributed by atoms with Gasteiger partial charge >= 0.3 is 5.97 Å². The van der Waals surface area contributed by atoms with Crippen LogP contribution in [-0.4, -0.2) is 22.7 Å². The number of nitrogens with zero attached hydrogens (tertiary/aromatic N) is 1. The summed E-state index contributed by atoms with van der Waals surface area (Å²) in [5, 5.41) is 11.7. The molecule has 88 valence electrons. The highest BCUT2D eigenvalue weighted by Crippen LogP contribution is 2.20. The minimum atomic E-state index is -1.24. The van der Waals surface area contributed by atoms with Gasteiger partial charge in [0.1, 0.15) is 0 Å². The molecule has 1 atom stereocenters. The summed E-state index contributed by atoms with van der Waals surface area (Å²) in [6, 6.07) is 7.17. The zero-order valence-corrected chi connectivity index (χ0v) is 9.46. The number of hydrogen-bond donors (Lipinski definition) is 1. The zero-order valence-electron chi connectivity index (χ0n) is 9.46. The Balaban J connectivity index is 2.32. The predicted molar refractivity (Wildman–Crippen MR) is 63.3 cm³/mol. The number of rotatable bonds is 3. The Kier molecular flexibility index (Phi) is 3.35. The minimum absolute atomic E-state index is 0.255. The van der Waals surface area contributed by atoms with Crippen molar-refractivity contribution in [3.8, 4) is 0 Å². The van der Waals surface area contributed by atoms with E-state index in [0.29, 0.717) is 5.56 Å². The quantitative estimate of drug-likeness (QED) is 0.819. The lowest BCUT2D eigenvalue weighted by molar-refractivity contribution is -0.153. The fourth-order valence-electron chi connectivity index (χ4n) is 1.63. The molecule has 0 radical (unpaired) electrons. The van der Waals surface area contributed by atoms with E-state index in [9.17, 15) is 9.90 Å². The lowest BCUT2D eigenvalue weighted by Crippen LogP contribution is -2.15. The molecule has 1 N–H and O–H groups in total. The molecule has 17 heavy (non-hydrogen) atoms. The molecule has 0 saturated carbocycles. The second-order valence-corrected chi connectivity index (χ2v) is 3.64. The van der Waals surface area contributed by atoms with Crippen molar-refractivity contribution >= 4 is 16.7 Å². The molecule has 1 unspecified atom stereocenters. The first-order valence-corrected chi connectivity index (χ1v) is 5.40. The normalized spacial score (nSPS) is 12.4. The Bertz CT molecular complexity index is 539. The van der Waals surface area contributed by atoms with Gasteiger partial charge in [-0.05, 0) is 30.0 Å². The van der Waals surface area contributed by atoms with E-state index in [1.54, 1.807) is 31.5 Å². The van der Waals surface area contributed by atoms with Crippen LogP contribution in [0.4, 0.5) is 0 Å². The number of esters is 1. The van der Waals surface area contributed by atoms with Gasteiger partial charge in [0, 0.05) is 17.8 Å². The van der Waals surface area contributed by atoms with E-state index in [1.165, 1.54) is 0 Å². The molecule has 4 heteroatoms. The summed E-state index contributed by atoms with van der Waals surface area (Å²) in [6.07, 6.45) is 2.15. The number of aliphatic hydroxyl groups is 1. The molecule has 0 fully saturated rings. The topological polar surface area (TPSA) is 59.4 Å². The molecule has 0 aliphatic carbocycles. The van der Waals surface area contributed by atoms with Crippen LogP contribution in [-0.2, 0) is 9.53 Å². The molecule has 1 aromatic carbocycles. The summed E-state index contributed by atoms with van der Waals surface area (Å²) >= 11 is 0. The maximum atomic E-state index is 11.4. The van der Waals surface area contributed by atoms with Gasteiger partial charge in [-0.2, -0.15) is 0 Å². The number of carbonyl (C=O) groups excluding carboxylic acids is 1. The third kappa shape index (κ3) is 2.42. The number of pyridine rings is 1. The van der Waals surface area contributed by atoms with Crippen LogP contribution < -0.4 is 0 Å². The van der Waals surface area contributed by atoms with E-state index in [-0.39, 0.29) is 6.61 Å². The van der Waals surface area contributed by atoms with Crippen molar-refractivity contribution < 1.29 is 14.6 Å². The van der Waals surface area contributed by atoms with Crippen LogP contribution in [0.3, 0.4) is 0 Å². The lowest BCUT2D eigenvalue weighted by Gasteiger charge is -2.10.